The van der Waals surface area contributed by atoms with Crippen molar-refractivity contribution in [3.63, 3.8) is 0 Å². The van der Waals surface area contributed by atoms with Gasteiger partial charge in [0.15, 0.2) is 0 Å². The highest BCUT2D eigenvalue weighted by molar-refractivity contribution is 7.92. The molecule has 0 saturated heterocycles. The molecule has 0 radical (unpaired) electrons. The number of carbonyl (C=O) groups is 3. The summed E-state index contributed by atoms with van der Waals surface area (Å²) >= 11 is 12.6. The first-order chi connectivity index (χ1) is 23.1. The van der Waals surface area contributed by atoms with Gasteiger partial charge in [0.1, 0.15) is 16.8 Å². The SMILES string of the molecule is C[C@@]1(Cc2ccc(N)cc2)C(=O)N(c2cc(Cl)cc(Cl)c2)c2ncc(C(=O)NC3(C(=O)NC4(c5cc(NS(C)(=O)=O)ccn5)CC4)CC3)n21. The molecule has 0 unspecified atom stereocenters. The van der Waals surface area contributed by atoms with Gasteiger partial charge in [-0.3, -0.25) is 28.7 Å². The molecule has 3 aliphatic rings. The van der Waals surface area contributed by atoms with Gasteiger partial charge in [0.05, 0.1) is 35.1 Å². The fraction of sp³-hybridized carbons (Fsp3) is 0.303. The lowest BCUT2D eigenvalue weighted by Gasteiger charge is -2.27. The van der Waals surface area contributed by atoms with E-state index in [1.54, 1.807) is 47.9 Å². The van der Waals surface area contributed by atoms with Crippen molar-refractivity contribution in [2.45, 2.75) is 55.6 Å². The number of carbonyl (C=O) groups excluding carboxylic acids is 3. The van der Waals surface area contributed by atoms with E-state index in [0.29, 0.717) is 58.5 Å². The number of fused-ring (bicyclic) bond motifs is 1. The fourth-order valence-corrected chi connectivity index (χ4v) is 7.42. The van der Waals surface area contributed by atoms with Crippen LogP contribution >= 0.6 is 23.2 Å². The number of pyridine rings is 1. The van der Waals surface area contributed by atoms with Crippen molar-refractivity contribution in [1.82, 2.24) is 25.2 Å². The van der Waals surface area contributed by atoms with Gasteiger partial charge in [-0.2, -0.15) is 0 Å². The monoisotopic (exact) mass is 722 g/mol. The number of nitrogens with zero attached hydrogens (tertiary/aromatic N) is 4. The van der Waals surface area contributed by atoms with Gasteiger partial charge in [-0.05, 0) is 80.6 Å². The first kappa shape index (κ1) is 32.9. The molecule has 2 aromatic carbocycles. The predicted molar refractivity (Wildman–Crippen MR) is 185 cm³/mol. The summed E-state index contributed by atoms with van der Waals surface area (Å²) in [6.07, 6.45) is 6.13. The van der Waals surface area contributed by atoms with Crippen molar-refractivity contribution in [3.05, 3.63) is 94.0 Å². The van der Waals surface area contributed by atoms with E-state index in [0.717, 1.165) is 11.8 Å². The smallest absolute Gasteiger partial charge is 0.270 e. The maximum absolute atomic E-state index is 14.3. The van der Waals surface area contributed by atoms with Gasteiger partial charge in [0.25, 0.3) is 11.8 Å². The van der Waals surface area contributed by atoms with E-state index < -0.39 is 32.5 Å². The number of imidazole rings is 1. The van der Waals surface area contributed by atoms with Crippen molar-refractivity contribution >= 4 is 74.0 Å². The molecule has 2 aliphatic carbocycles. The van der Waals surface area contributed by atoms with Gasteiger partial charge in [0, 0.05) is 28.4 Å². The standard InChI is InChI=1S/C33H32Cl2N8O5S/c1-31(17-19-3-5-22(36)6-4-19)29(46)42(24-14-20(34)13-21(35)15-24)30-38-18-25(43(30)31)27(44)39-33(10-11-33)28(45)40-32(8-9-32)26-16-23(7-12-37-26)41-49(2,47)48/h3-7,12-16,18H,8-11,17,36H2,1-2H3,(H,37,41)(H,39,44)(H,40,45)/t31-/m1/s1. The van der Waals surface area contributed by atoms with Crippen LogP contribution in [0, 0.1) is 0 Å². The molecule has 254 valence electrons. The number of benzene rings is 2. The Hall–Kier alpha value is -4.66. The number of nitrogens with one attached hydrogen (secondary N) is 3. The van der Waals surface area contributed by atoms with E-state index in [1.807, 2.05) is 12.1 Å². The predicted octanol–water partition coefficient (Wildman–Crippen LogP) is 4.24. The number of rotatable bonds is 10. The number of nitrogen functional groups attached to an aromatic ring is 1. The van der Waals surface area contributed by atoms with Crippen LogP contribution in [0.4, 0.5) is 23.0 Å². The van der Waals surface area contributed by atoms with Crippen molar-refractivity contribution in [2.24, 2.45) is 0 Å². The quantitative estimate of drug-likeness (QED) is 0.175. The third-order valence-corrected chi connectivity index (χ3v) is 10.2. The Morgan fingerprint density at radius 3 is 2.24 bits per heavy atom. The van der Waals surface area contributed by atoms with Gasteiger partial charge in [-0.15, -0.1) is 0 Å². The van der Waals surface area contributed by atoms with Gasteiger partial charge in [-0.25, -0.2) is 18.3 Å². The lowest BCUT2D eigenvalue weighted by Crippen LogP contribution is -2.52. The van der Waals surface area contributed by atoms with E-state index in [4.69, 9.17) is 28.9 Å². The lowest BCUT2D eigenvalue weighted by molar-refractivity contribution is -0.125. The summed E-state index contributed by atoms with van der Waals surface area (Å²) in [5, 5.41) is 6.64. The highest BCUT2D eigenvalue weighted by Crippen LogP contribution is 2.48. The molecular formula is C33H32Cl2N8O5S. The second-order valence-corrected chi connectivity index (χ2v) is 15.7. The van der Waals surface area contributed by atoms with Gasteiger partial charge in [-0.1, -0.05) is 35.3 Å². The van der Waals surface area contributed by atoms with Gasteiger partial charge in [0.2, 0.25) is 21.9 Å². The number of halogens is 2. The zero-order valence-electron chi connectivity index (χ0n) is 26.5. The zero-order chi connectivity index (χ0) is 34.9. The van der Waals surface area contributed by atoms with E-state index in [-0.39, 0.29) is 29.9 Å². The van der Waals surface area contributed by atoms with Crippen LogP contribution in [-0.4, -0.2) is 52.5 Å². The molecule has 3 heterocycles. The normalized spacial score (nSPS) is 20.0. The van der Waals surface area contributed by atoms with Gasteiger partial charge >= 0.3 is 0 Å². The fourth-order valence-electron chi connectivity index (χ4n) is 6.35. The summed E-state index contributed by atoms with van der Waals surface area (Å²) in [7, 11) is -3.51. The number of nitrogens with two attached hydrogens (primary N) is 1. The van der Waals surface area contributed by atoms with Crippen LogP contribution in [0.3, 0.4) is 0 Å². The summed E-state index contributed by atoms with van der Waals surface area (Å²) in [6.45, 7) is 1.73. The summed E-state index contributed by atoms with van der Waals surface area (Å²) in [4.78, 5) is 52.5. The molecule has 0 spiro atoms. The van der Waals surface area contributed by atoms with Crippen molar-refractivity contribution < 1.29 is 22.8 Å². The molecule has 13 nitrogen and oxygen atoms in total. The van der Waals surface area contributed by atoms with Crippen LogP contribution in [0.1, 0.15) is 54.4 Å². The van der Waals surface area contributed by atoms with E-state index in [9.17, 15) is 22.8 Å². The number of anilines is 4. The van der Waals surface area contributed by atoms with Crippen LogP contribution in [0.15, 0.2) is 67.0 Å². The molecule has 0 bridgehead atoms. The summed E-state index contributed by atoms with van der Waals surface area (Å²) in [5.41, 5.74) is 5.34. The van der Waals surface area contributed by atoms with Crippen LogP contribution < -0.4 is 26.0 Å². The average Bonchev–Trinajstić information content (AvgIpc) is 3.92. The van der Waals surface area contributed by atoms with Crippen LogP contribution in [-0.2, 0) is 37.1 Å². The molecule has 2 saturated carbocycles. The Morgan fingerprint density at radius 1 is 0.959 bits per heavy atom. The number of amides is 3. The summed E-state index contributed by atoms with van der Waals surface area (Å²) < 4.78 is 27.5. The molecule has 3 amide bonds. The molecule has 2 fully saturated rings. The molecule has 7 rings (SSSR count). The summed E-state index contributed by atoms with van der Waals surface area (Å²) in [5.74, 6) is -1.10. The van der Waals surface area contributed by atoms with Gasteiger partial charge < -0.3 is 16.4 Å². The molecule has 4 aromatic rings. The Kier molecular flexibility index (Phi) is 7.69. The second-order valence-electron chi connectivity index (χ2n) is 13.1. The lowest BCUT2D eigenvalue weighted by atomic mass is 9.91. The Balaban J connectivity index is 1.18. The Bertz CT molecular complexity index is 2130. The van der Waals surface area contributed by atoms with Crippen LogP contribution in [0.5, 0.6) is 0 Å². The molecule has 16 heteroatoms. The Labute approximate surface area is 292 Å². The number of hydrogen-bond acceptors (Lipinski definition) is 8. The summed E-state index contributed by atoms with van der Waals surface area (Å²) in [6, 6.07) is 15.0. The minimum atomic E-state index is -3.51. The van der Waals surface area contributed by atoms with Crippen molar-refractivity contribution in [2.75, 3.05) is 21.6 Å². The maximum atomic E-state index is 14.3. The number of aromatic nitrogens is 3. The minimum absolute atomic E-state index is 0.0957. The average molecular weight is 724 g/mol. The second kappa shape index (κ2) is 11.5. The van der Waals surface area contributed by atoms with E-state index in [2.05, 4.69) is 25.3 Å². The van der Waals surface area contributed by atoms with E-state index in [1.165, 1.54) is 23.4 Å². The molecule has 2 aromatic heterocycles. The first-order valence-electron chi connectivity index (χ1n) is 15.4. The minimum Gasteiger partial charge on any atom is -0.399 e. The molecule has 1 atom stereocenters. The highest BCUT2D eigenvalue weighted by Gasteiger charge is 2.57. The van der Waals surface area contributed by atoms with Crippen molar-refractivity contribution in [3.8, 4) is 0 Å². The number of sulfonamides is 1. The largest absolute Gasteiger partial charge is 0.399 e. The van der Waals surface area contributed by atoms with Crippen LogP contribution in [0.25, 0.3) is 0 Å². The topological polar surface area (TPSA) is 181 Å². The third kappa shape index (κ3) is 6.08. The molecule has 5 N–H and O–H groups in total. The molecule has 1 aliphatic heterocycles. The van der Waals surface area contributed by atoms with E-state index >= 15 is 0 Å². The van der Waals surface area contributed by atoms with Crippen molar-refractivity contribution in [1.29, 1.82) is 0 Å². The Morgan fingerprint density at radius 2 is 1.63 bits per heavy atom. The number of hydrogen-bond donors (Lipinski definition) is 4. The molecule has 49 heavy (non-hydrogen) atoms. The highest BCUT2D eigenvalue weighted by atomic mass is 35.5. The molecular weight excluding hydrogens is 691 g/mol. The maximum Gasteiger partial charge on any atom is 0.270 e. The first-order valence-corrected chi connectivity index (χ1v) is 18.1. The third-order valence-electron chi connectivity index (χ3n) is 9.16. The van der Waals surface area contributed by atoms with Crippen LogP contribution in [0.2, 0.25) is 10.0 Å². The zero-order valence-corrected chi connectivity index (χ0v) is 28.8.